The summed E-state index contributed by atoms with van der Waals surface area (Å²) in [6.45, 7) is -0.428. The summed E-state index contributed by atoms with van der Waals surface area (Å²) in [5.74, 6) is -4.36. The number of nitrogens with one attached hydrogen (secondary N) is 1. The Kier molecular flexibility index (Phi) is 6.87. The van der Waals surface area contributed by atoms with E-state index >= 15 is 0 Å². The van der Waals surface area contributed by atoms with Crippen LogP contribution in [-0.4, -0.2) is 68.6 Å². The Morgan fingerprint density at radius 1 is 0.971 bits per heavy atom. The zero-order chi connectivity index (χ0) is 25.1. The predicted octanol–water partition coefficient (Wildman–Crippen LogP) is 1.52. The van der Waals surface area contributed by atoms with Gasteiger partial charge >= 0.3 is 17.9 Å². The highest BCUT2D eigenvalue weighted by molar-refractivity contribution is 8.00. The first-order valence-corrected chi connectivity index (χ1v) is 11.6. The molecule has 2 heterocycles. The predicted molar refractivity (Wildman–Crippen MR) is 124 cm³/mol. The molecule has 0 aliphatic carbocycles. The first-order valence-electron chi connectivity index (χ1n) is 10.5. The molecule has 3 N–H and O–H groups in total. The molecular weight excluding hydrogens is 476 g/mol. The molecule has 4 rings (SSSR count). The molecule has 2 aromatic carbocycles. The highest BCUT2D eigenvalue weighted by Gasteiger charge is 2.54. The average Bonchev–Trinajstić information content (AvgIpc) is 2.85. The number of thioether (sulfide) groups is 1. The first-order chi connectivity index (χ1) is 16.8. The number of hydrogen-bond acceptors (Lipinski definition) is 7. The normalized spacial score (nSPS) is 18.9. The van der Waals surface area contributed by atoms with Gasteiger partial charge in [0.25, 0.3) is 5.91 Å². The fraction of sp³-hybridized carbons (Fsp3) is 0.208. The first kappa shape index (κ1) is 24.0. The number of fused-ring (bicyclic) bond motifs is 1. The zero-order valence-electron chi connectivity index (χ0n) is 18.2. The van der Waals surface area contributed by atoms with Gasteiger partial charge < -0.3 is 20.3 Å². The van der Waals surface area contributed by atoms with Gasteiger partial charge in [0.1, 0.15) is 23.7 Å². The van der Waals surface area contributed by atoms with E-state index in [-0.39, 0.29) is 40.5 Å². The second-order valence-electron chi connectivity index (χ2n) is 7.80. The molecule has 180 valence electrons. The molecule has 0 saturated carbocycles. The third kappa shape index (κ3) is 4.90. The van der Waals surface area contributed by atoms with Crippen molar-refractivity contribution < 1.29 is 38.9 Å². The summed E-state index contributed by atoms with van der Waals surface area (Å²) in [6.07, 6.45) is 0.0860. The van der Waals surface area contributed by atoms with E-state index in [0.29, 0.717) is 0 Å². The maximum atomic E-state index is 12.8. The molecular formula is C24H20N2O8S. The van der Waals surface area contributed by atoms with Gasteiger partial charge in [0, 0.05) is 11.3 Å². The standard InChI is InChI=1S/C24H20N2O8S/c27-17(10-13-6-2-1-3-7-13)25-18-20(28)26-19(23(31)32)14(12-35-21(18)26)11-34-24(33)16-9-5-4-8-15(16)22(29)30/h1-9,18,21H,10-12H2,(H,25,27)(H,29,30)(H,31,32)/t18-,21-/m1/s1. The van der Waals surface area contributed by atoms with E-state index in [2.05, 4.69) is 5.32 Å². The minimum absolute atomic E-state index is 0.0860. The summed E-state index contributed by atoms with van der Waals surface area (Å²) < 4.78 is 5.19. The summed E-state index contributed by atoms with van der Waals surface area (Å²) in [4.78, 5) is 62.0. The second-order valence-corrected chi connectivity index (χ2v) is 8.91. The van der Waals surface area contributed by atoms with Gasteiger partial charge in [-0.05, 0) is 17.7 Å². The van der Waals surface area contributed by atoms with Crippen LogP contribution in [0.15, 0.2) is 65.9 Å². The van der Waals surface area contributed by atoms with Crippen LogP contribution >= 0.6 is 11.8 Å². The third-order valence-corrected chi connectivity index (χ3v) is 6.87. The molecule has 35 heavy (non-hydrogen) atoms. The van der Waals surface area contributed by atoms with Gasteiger partial charge in [-0.15, -0.1) is 11.8 Å². The van der Waals surface area contributed by atoms with E-state index in [1.54, 1.807) is 24.3 Å². The average molecular weight is 496 g/mol. The van der Waals surface area contributed by atoms with Crippen LogP contribution in [0.2, 0.25) is 0 Å². The maximum Gasteiger partial charge on any atom is 0.352 e. The Morgan fingerprint density at radius 2 is 1.63 bits per heavy atom. The molecule has 10 nitrogen and oxygen atoms in total. The molecule has 0 radical (unpaired) electrons. The van der Waals surface area contributed by atoms with Gasteiger partial charge in [-0.2, -0.15) is 0 Å². The Labute approximate surface area is 203 Å². The van der Waals surface area contributed by atoms with Crippen LogP contribution in [0.5, 0.6) is 0 Å². The Balaban J connectivity index is 1.44. The largest absolute Gasteiger partial charge is 0.478 e. The number of β-lactam (4-membered cyclic amide) rings is 1. The van der Waals surface area contributed by atoms with Crippen molar-refractivity contribution >= 4 is 41.5 Å². The molecule has 0 bridgehead atoms. The number of benzene rings is 2. The van der Waals surface area contributed by atoms with Crippen LogP contribution in [0.25, 0.3) is 0 Å². The number of ether oxygens (including phenoxy) is 1. The number of amides is 2. The molecule has 0 unspecified atom stereocenters. The smallest absolute Gasteiger partial charge is 0.352 e. The van der Waals surface area contributed by atoms with E-state index in [1.807, 2.05) is 6.07 Å². The molecule has 0 spiro atoms. The highest BCUT2D eigenvalue weighted by atomic mass is 32.2. The quantitative estimate of drug-likeness (QED) is 0.365. The van der Waals surface area contributed by atoms with Crippen molar-refractivity contribution in [3.63, 3.8) is 0 Å². The van der Waals surface area contributed by atoms with Gasteiger partial charge in [-0.3, -0.25) is 14.5 Å². The minimum Gasteiger partial charge on any atom is -0.478 e. The van der Waals surface area contributed by atoms with Crippen LogP contribution < -0.4 is 5.32 Å². The summed E-state index contributed by atoms with van der Waals surface area (Å²) in [5.41, 5.74) is 0.272. The number of carbonyl (C=O) groups is 5. The number of esters is 1. The van der Waals surface area contributed by atoms with Gasteiger partial charge in [0.15, 0.2) is 0 Å². The number of rotatable bonds is 8. The number of aromatic carboxylic acids is 1. The Morgan fingerprint density at radius 3 is 2.29 bits per heavy atom. The lowest BCUT2D eigenvalue weighted by molar-refractivity contribution is -0.150. The van der Waals surface area contributed by atoms with Crippen molar-refractivity contribution in [3.8, 4) is 0 Å². The van der Waals surface area contributed by atoms with Crippen LogP contribution in [0, 0.1) is 0 Å². The topological polar surface area (TPSA) is 150 Å². The van der Waals surface area contributed by atoms with Gasteiger partial charge in [-0.25, -0.2) is 14.4 Å². The van der Waals surface area contributed by atoms with Crippen molar-refractivity contribution in [2.24, 2.45) is 0 Å². The van der Waals surface area contributed by atoms with Crippen LogP contribution in [-0.2, 0) is 25.5 Å². The zero-order valence-corrected chi connectivity index (χ0v) is 19.0. The fourth-order valence-electron chi connectivity index (χ4n) is 3.88. The van der Waals surface area contributed by atoms with Crippen LogP contribution in [0.3, 0.4) is 0 Å². The molecule has 2 aromatic rings. The highest BCUT2D eigenvalue weighted by Crippen LogP contribution is 2.40. The van der Waals surface area contributed by atoms with Crippen molar-refractivity contribution in [3.05, 3.63) is 82.6 Å². The maximum absolute atomic E-state index is 12.8. The molecule has 2 aliphatic heterocycles. The van der Waals surface area contributed by atoms with Crippen molar-refractivity contribution in [2.45, 2.75) is 17.8 Å². The molecule has 2 aliphatic rings. The van der Waals surface area contributed by atoms with Crippen molar-refractivity contribution in [1.29, 1.82) is 0 Å². The lowest BCUT2D eigenvalue weighted by Gasteiger charge is -2.49. The lowest BCUT2D eigenvalue weighted by Crippen LogP contribution is -2.70. The number of nitrogens with zero attached hydrogens (tertiary/aromatic N) is 1. The number of carboxylic acids is 2. The summed E-state index contributed by atoms with van der Waals surface area (Å²) >= 11 is 1.24. The summed E-state index contributed by atoms with van der Waals surface area (Å²) in [5, 5.41) is 21.1. The summed E-state index contributed by atoms with van der Waals surface area (Å²) in [7, 11) is 0. The molecule has 2 amide bonds. The van der Waals surface area contributed by atoms with Crippen molar-refractivity contribution in [2.75, 3.05) is 12.4 Å². The van der Waals surface area contributed by atoms with Crippen LogP contribution in [0.1, 0.15) is 26.3 Å². The summed E-state index contributed by atoms with van der Waals surface area (Å²) in [6, 6.07) is 13.6. The molecule has 0 aromatic heterocycles. The molecule has 1 saturated heterocycles. The van der Waals surface area contributed by atoms with Gasteiger partial charge in [-0.1, -0.05) is 42.5 Å². The number of hydrogen-bond donors (Lipinski definition) is 3. The SMILES string of the molecule is O=C(Cc1ccccc1)N[C@@H]1C(=O)N2C(C(=O)O)=C(COC(=O)c3ccccc3C(=O)O)CS[C@H]12. The Bertz CT molecular complexity index is 1240. The van der Waals surface area contributed by atoms with E-state index in [0.717, 1.165) is 10.5 Å². The van der Waals surface area contributed by atoms with E-state index in [1.165, 1.54) is 36.0 Å². The second kappa shape index (κ2) is 10.0. The monoisotopic (exact) mass is 496 g/mol. The minimum atomic E-state index is -1.37. The lowest BCUT2D eigenvalue weighted by atomic mass is 10.0. The van der Waals surface area contributed by atoms with Crippen molar-refractivity contribution in [1.82, 2.24) is 10.2 Å². The van der Waals surface area contributed by atoms with Crippen LogP contribution in [0.4, 0.5) is 0 Å². The van der Waals surface area contributed by atoms with Gasteiger partial charge in [0.2, 0.25) is 5.91 Å². The molecule has 1 fully saturated rings. The van der Waals surface area contributed by atoms with E-state index in [9.17, 15) is 34.2 Å². The molecule has 11 heteroatoms. The number of carboxylic acid groups (broad SMARTS) is 2. The van der Waals surface area contributed by atoms with Gasteiger partial charge in [0.05, 0.1) is 17.5 Å². The molecule has 2 atom stereocenters. The third-order valence-electron chi connectivity index (χ3n) is 5.53. The number of aliphatic carboxylic acids is 1. The Hall–Kier alpha value is -4.12. The van der Waals surface area contributed by atoms with E-state index in [4.69, 9.17) is 4.74 Å². The fourth-order valence-corrected chi connectivity index (χ4v) is 5.21. The van der Waals surface area contributed by atoms with E-state index < -0.39 is 41.8 Å². The number of carbonyl (C=O) groups excluding carboxylic acids is 3.